The molecule has 0 radical (unpaired) electrons. The number of carbonyl (C=O) groups excluding carboxylic acids is 2. The lowest BCUT2D eigenvalue weighted by atomic mass is 9.93. The number of ether oxygens (including phenoxy) is 1. The Bertz CT molecular complexity index is 529. The molecule has 0 aromatic carbocycles. The maximum Gasteiger partial charge on any atom is 0.323 e. The van der Waals surface area contributed by atoms with Crippen LogP contribution < -0.4 is 15.4 Å². The van der Waals surface area contributed by atoms with Crippen LogP contribution in [0.1, 0.15) is 19.3 Å². The molecule has 1 aromatic rings. The number of hydrogen-bond donors (Lipinski definition) is 2. The number of anilines is 1. The number of amides is 3. The Balaban J connectivity index is 1.83. The minimum atomic E-state index is -0.195. The molecule has 0 atom stereocenters. The van der Waals surface area contributed by atoms with E-state index < -0.39 is 0 Å². The van der Waals surface area contributed by atoms with Crippen molar-refractivity contribution in [2.24, 2.45) is 5.92 Å². The van der Waals surface area contributed by atoms with Crippen molar-refractivity contribution >= 4 is 17.8 Å². The topological polar surface area (TPSA) is 96.5 Å². The average Bonchev–Trinajstić information content (AvgIpc) is 2.55. The zero-order valence-corrected chi connectivity index (χ0v) is 12.8. The van der Waals surface area contributed by atoms with Gasteiger partial charge in [0, 0.05) is 32.8 Å². The van der Waals surface area contributed by atoms with Gasteiger partial charge in [-0.1, -0.05) is 0 Å². The molecule has 1 fully saturated rings. The lowest BCUT2D eigenvalue weighted by Gasteiger charge is -2.31. The summed E-state index contributed by atoms with van der Waals surface area (Å²) < 4.78 is 4.92. The van der Waals surface area contributed by atoms with Crippen LogP contribution in [0.5, 0.6) is 6.01 Å². The van der Waals surface area contributed by atoms with E-state index in [-0.39, 0.29) is 17.9 Å². The molecule has 120 valence electrons. The SMILES string of the molecule is CNC(=O)CC1CCN(C(=O)Nc2ccnc(OC)n2)CC1. The molecule has 8 nitrogen and oxygen atoms in total. The van der Waals surface area contributed by atoms with Gasteiger partial charge in [0.25, 0.3) is 0 Å². The summed E-state index contributed by atoms with van der Waals surface area (Å²) in [5.41, 5.74) is 0. The van der Waals surface area contributed by atoms with Crippen LogP contribution in [0.15, 0.2) is 12.3 Å². The minimum Gasteiger partial charge on any atom is -0.467 e. The average molecular weight is 307 g/mol. The smallest absolute Gasteiger partial charge is 0.323 e. The van der Waals surface area contributed by atoms with Crippen molar-refractivity contribution in [3.8, 4) is 6.01 Å². The minimum absolute atomic E-state index is 0.0518. The van der Waals surface area contributed by atoms with E-state index in [0.29, 0.717) is 31.2 Å². The van der Waals surface area contributed by atoms with E-state index in [0.717, 1.165) is 12.8 Å². The van der Waals surface area contributed by atoms with Gasteiger partial charge >= 0.3 is 12.0 Å². The fourth-order valence-corrected chi connectivity index (χ4v) is 2.40. The third kappa shape index (κ3) is 4.31. The highest BCUT2D eigenvalue weighted by atomic mass is 16.5. The van der Waals surface area contributed by atoms with Crippen LogP contribution in [0.25, 0.3) is 0 Å². The molecule has 0 bridgehead atoms. The van der Waals surface area contributed by atoms with Crippen LogP contribution in [0, 0.1) is 5.92 Å². The Labute approximate surface area is 129 Å². The second-order valence-corrected chi connectivity index (χ2v) is 5.17. The molecule has 1 aliphatic rings. The number of rotatable bonds is 4. The van der Waals surface area contributed by atoms with Crippen LogP contribution in [0.4, 0.5) is 10.6 Å². The Hall–Kier alpha value is -2.38. The normalized spacial score (nSPS) is 15.3. The first-order valence-corrected chi connectivity index (χ1v) is 7.26. The Kier molecular flexibility index (Phi) is 5.51. The number of methoxy groups -OCH3 is 1. The van der Waals surface area contributed by atoms with Gasteiger partial charge < -0.3 is 15.0 Å². The van der Waals surface area contributed by atoms with E-state index in [1.165, 1.54) is 13.3 Å². The second-order valence-electron chi connectivity index (χ2n) is 5.17. The highest BCUT2D eigenvalue weighted by Gasteiger charge is 2.24. The van der Waals surface area contributed by atoms with E-state index in [4.69, 9.17) is 4.74 Å². The molecule has 1 aromatic heterocycles. The second kappa shape index (κ2) is 7.58. The third-order valence-electron chi connectivity index (χ3n) is 3.71. The summed E-state index contributed by atoms with van der Waals surface area (Å²) in [6, 6.07) is 1.62. The number of piperidine rings is 1. The Morgan fingerprint density at radius 3 is 2.77 bits per heavy atom. The molecule has 2 rings (SSSR count). The summed E-state index contributed by atoms with van der Waals surface area (Å²) in [6.07, 6.45) is 3.70. The zero-order valence-electron chi connectivity index (χ0n) is 12.8. The number of urea groups is 1. The van der Waals surface area contributed by atoms with Gasteiger partial charge in [-0.05, 0) is 24.8 Å². The maximum atomic E-state index is 12.2. The molecule has 0 spiro atoms. The summed E-state index contributed by atoms with van der Waals surface area (Å²) >= 11 is 0. The third-order valence-corrected chi connectivity index (χ3v) is 3.71. The predicted octanol–water partition coefficient (Wildman–Crippen LogP) is 0.865. The van der Waals surface area contributed by atoms with Gasteiger partial charge in [0.15, 0.2) is 0 Å². The van der Waals surface area contributed by atoms with Crippen molar-refractivity contribution < 1.29 is 14.3 Å². The highest BCUT2D eigenvalue weighted by Crippen LogP contribution is 2.21. The van der Waals surface area contributed by atoms with Crippen LogP contribution in [0.2, 0.25) is 0 Å². The molecule has 8 heteroatoms. The quantitative estimate of drug-likeness (QED) is 0.860. The highest BCUT2D eigenvalue weighted by molar-refractivity contribution is 5.88. The largest absolute Gasteiger partial charge is 0.467 e. The molecule has 3 amide bonds. The Morgan fingerprint density at radius 2 is 2.14 bits per heavy atom. The molecule has 1 aliphatic heterocycles. The van der Waals surface area contributed by atoms with E-state index in [1.807, 2.05) is 0 Å². The van der Waals surface area contributed by atoms with Crippen molar-refractivity contribution in [2.75, 3.05) is 32.6 Å². The van der Waals surface area contributed by atoms with Gasteiger partial charge in [-0.25, -0.2) is 9.78 Å². The number of hydrogen-bond acceptors (Lipinski definition) is 5. The fourth-order valence-electron chi connectivity index (χ4n) is 2.40. The molecule has 2 N–H and O–H groups in total. The van der Waals surface area contributed by atoms with Gasteiger partial charge in [-0.2, -0.15) is 4.98 Å². The zero-order chi connectivity index (χ0) is 15.9. The van der Waals surface area contributed by atoms with E-state index in [1.54, 1.807) is 18.0 Å². The van der Waals surface area contributed by atoms with Crippen molar-refractivity contribution in [3.63, 3.8) is 0 Å². The number of likely N-dealkylation sites (tertiary alicyclic amines) is 1. The van der Waals surface area contributed by atoms with Gasteiger partial charge in [0.05, 0.1) is 7.11 Å². The standard InChI is InChI=1S/C14H21N5O3/c1-15-12(20)9-10-4-7-19(8-5-10)14(21)18-11-3-6-16-13(17-11)22-2/h3,6,10H,4-5,7-9H2,1-2H3,(H,15,20)(H,16,17,18,21). The van der Waals surface area contributed by atoms with Crippen LogP contribution in [-0.2, 0) is 4.79 Å². The first-order chi connectivity index (χ1) is 10.6. The summed E-state index contributed by atoms with van der Waals surface area (Å²) in [5, 5.41) is 5.36. The van der Waals surface area contributed by atoms with Crippen LogP contribution >= 0.6 is 0 Å². The fraction of sp³-hybridized carbons (Fsp3) is 0.571. The molecular weight excluding hydrogens is 286 g/mol. The summed E-state index contributed by atoms with van der Waals surface area (Å²) in [4.78, 5) is 33.2. The van der Waals surface area contributed by atoms with Crippen LogP contribution in [-0.4, -0.2) is 54.1 Å². The van der Waals surface area contributed by atoms with Crippen molar-refractivity contribution in [1.29, 1.82) is 0 Å². The number of nitrogens with zero attached hydrogens (tertiary/aromatic N) is 3. The van der Waals surface area contributed by atoms with Gasteiger partial charge in [0.2, 0.25) is 5.91 Å². The number of aromatic nitrogens is 2. The number of nitrogens with one attached hydrogen (secondary N) is 2. The maximum absolute atomic E-state index is 12.2. The molecular formula is C14H21N5O3. The number of carbonyl (C=O) groups is 2. The van der Waals surface area contributed by atoms with Gasteiger partial charge in [-0.3, -0.25) is 10.1 Å². The lowest BCUT2D eigenvalue weighted by Crippen LogP contribution is -2.41. The molecule has 0 unspecified atom stereocenters. The molecule has 2 heterocycles. The van der Waals surface area contributed by atoms with Crippen molar-refractivity contribution in [1.82, 2.24) is 20.2 Å². The summed E-state index contributed by atoms with van der Waals surface area (Å²) in [6.45, 7) is 1.27. The van der Waals surface area contributed by atoms with Crippen LogP contribution in [0.3, 0.4) is 0 Å². The molecule has 1 saturated heterocycles. The molecule has 22 heavy (non-hydrogen) atoms. The van der Waals surface area contributed by atoms with Crippen molar-refractivity contribution in [3.05, 3.63) is 12.3 Å². The molecule has 0 saturated carbocycles. The van der Waals surface area contributed by atoms with E-state index in [2.05, 4.69) is 20.6 Å². The first-order valence-electron chi connectivity index (χ1n) is 7.26. The Morgan fingerprint density at radius 1 is 1.41 bits per heavy atom. The lowest BCUT2D eigenvalue weighted by molar-refractivity contribution is -0.121. The monoisotopic (exact) mass is 307 g/mol. The van der Waals surface area contributed by atoms with Gasteiger partial charge in [0.1, 0.15) is 5.82 Å². The van der Waals surface area contributed by atoms with E-state index in [9.17, 15) is 9.59 Å². The predicted molar refractivity (Wildman–Crippen MR) is 80.6 cm³/mol. The summed E-state index contributed by atoms with van der Waals surface area (Å²) in [7, 11) is 3.11. The van der Waals surface area contributed by atoms with Gasteiger partial charge in [-0.15, -0.1) is 0 Å². The molecule has 0 aliphatic carbocycles. The summed E-state index contributed by atoms with van der Waals surface area (Å²) in [5.74, 6) is 0.795. The first kappa shape index (κ1) is 16.0. The van der Waals surface area contributed by atoms with Crippen molar-refractivity contribution in [2.45, 2.75) is 19.3 Å². The van der Waals surface area contributed by atoms with E-state index >= 15 is 0 Å².